The zero-order valence-corrected chi connectivity index (χ0v) is 12.0. The molecule has 0 bridgehead atoms. The number of anilines is 1. The largest absolute Gasteiger partial charge is 0.298 e. The number of benzene rings is 2. The van der Waals surface area contributed by atoms with Crippen molar-refractivity contribution >= 4 is 44.2 Å². The van der Waals surface area contributed by atoms with E-state index in [9.17, 15) is 4.79 Å². The number of nitrogens with one attached hydrogen (secondary N) is 1. The molecule has 0 radical (unpaired) electrons. The molecule has 0 saturated carbocycles. The summed E-state index contributed by atoms with van der Waals surface area (Å²) in [6.07, 6.45) is 0. The van der Waals surface area contributed by atoms with Crippen molar-refractivity contribution in [3.05, 3.63) is 59.7 Å². The van der Waals surface area contributed by atoms with E-state index in [4.69, 9.17) is 11.6 Å². The molecule has 1 aromatic heterocycles. The van der Waals surface area contributed by atoms with Crippen LogP contribution in [0.3, 0.4) is 0 Å². The van der Waals surface area contributed by atoms with Crippen LogP contribution in [0.25, 0.3) is 10.2 Å². The van der Waals surface area contributed by atoms with Crippen LogP contribution < -0.4 is 5.32 Å². The third-order valence-electron chi connectivity index (χ3n) is 2.86. The minimum absolute atomic E-state index is 0.170. The number of hydrogen-bond donors (Lipinski definition) is 1. The molecule has 1 N–H and O–H groups in total. The molecule has 0 atom stereocenters. The minimum atomic E-state index is -0.170. The van der Waals surface area contributed by atoms with Crippen molar-refractivity contribution in [1.82, 2.24) is 4.98 Å². The molecule has 0 aliphatic carbocycles. The van der Waals surface area contributed by atoms with Gasteiger partial charge in [-0.3, -0.25) is 10.1 Å². The highest BCUT2D eigenvalue weighted by Crippen LogP contribution is 2.25. The molecule has 20 heavy (non-hydrogen) atoms. The van der Waals surface area contributed by atoms with Crippen LogP contribution in [0.2, 0.25) is 0 Å². The topological polar surface area (TPSA) is 42.0 Å². The van der Waals surface area contributed by atoms with Gasteiger partial charge in [-0.25, -0.2) is 4.98 Å². The maximum absolute atomic E-state index is 12.2. The summed E-state index contributed by atoms with van der Waals surface area (Å²) in [6.45, 7) is 0. The first-order chi connectivity index (χ1) is 9.76. The highest BCUT2D eigenvalue weighted by atomic mass is 35.5. The minimum Gasteiger partial charge on any atom is -0.298 e. The Balaban J connectivity index is 1.84. The van der Waals surface area contributed by atoms with Crippen molar-refractivity contribution in [3.63, 3.8) is 0 Å². The van der Waals surface area contributed by atoms with Gasteiger partial charge in [0.2, 0.25) is 0 Å². The zero-order chi connectivity index (χ0) is 13.9. The fourth-order valence-corrected chi connectivity index (χ4v) is 2.92. The number of aromatic nitrogens is 1. The normalized spacial score (nSPS) is 10.7. The molecular weight excluding hydrogens is 292 g/mol. The Bertz CT molecular complexity index is 736. The van der Waals surface area contributed by atoms with E-state index in [0.717, 1.165) is 15.8 Å². The maximum atomic E-state index is 12.2. The van der Waals surface area contributed by atoms with E-state index in [1.807, 2.05) is 36.4 Å². The molecule has 0 aliphatic heterocycles. The molecule has 0 fully saturated rings. The lowest BCUT2D eigenvalue weighted by Gasteiger charge is -2.03. The highest BCUT2D eigenvalue weighted by molar-refractivity contribution is 7.22. The van der Waals surface area contributed by atoms with Crippen LogP contribution in [-0.4, -0.2) is 10.9 Å². The van der Waals surface area contributed by atoms with Gasteiger partial charge < -0.3 is 0 Å². The predicted molar refractivity (Wildman–Crippen MR) is 83.6 cm³/mol. The standard InChI is InChI=1S/C15H11ClN2OS/c16-9-10-4-3-5-11(8-10)14(19)18-15-17-12-6-1-2-7-13(12)20-15/h1-8H,9H2,(H,17,18,19). The lowest BCUT2D eigenvalue weighted by Crippen LogP contribution is -2.11. The number of nitrogens with zero attached hydrogens (tertiary/aromatic N) is 1. The van der Waals surface area contributed by atoms with Gasteiger partial charge in [0.15, 0.2) is 5.13 Å². The van der Waals surface area contributed by atoms with E-state index in [-0.39, 0.29) is 5.91 Å². The van der Waals surface area contributed by atoms with Crippen LogP contribution in [-0.2, 0) is 5.88 Å². The van der Waals surface area contributed by atoms with Crippen LogP contribution in [0.1, 0.15) is 15.9 Å². The van der Waals surface area contributed by atoms with Gasteiger partial charge in [0.05, 0.1) is 10.2 Å². The van der Waals surface area contributed by atoms with Crippen molar-refractivity contribution in [2.24, 2.45) is 0 Å². The molecule has 1 heterocycles. The van der Waals surface area contributed by atoms with Crippen molar-refractivity contribution in [2.75, 3.05) is 5.32 Å². The molecule has 0 unspecified atom stereocenters. The fourth-order valence-electron chi connectivity index (χ4n) is 1.89. The number of carbonyl (C=O) groups excluding carboxylic acids is 1. The predicted octanol–water partition coefficient (Wildman–Crippen LogP) is 4.29. The number of thiazole rings is 1. The summed E-state index contributed by atoms with van der Waals surface area (Å²) in [5.41, 5.74) is 2.40. The molecule has 0 aliphatic rings. The van der Waals surface area contributed by atoms with Gasteiger partial charge in [-0.2, -0.15) is 0 Å². The number of para-hydroxylation sites is 1. The number of hydrogen-bond acceptors (Lipinski definition) is 3. The molecule has 1 amide bonds. The second-order valence-electron chi connectivity index (χ2n) is 4.27. The number of halogens is 1. The summed E-state index contributed by atoms with van der Waals surface area (Å²) in [7, 11) is 0. The van der Waals surface area contributed by atoms with E-state index in [2.05, 4.69) is 10.3 Å². The molecule has 3 rings (SSSR count). The Morgan fingerprint density at radius 1 is 1.20 bits per heavy atom. The van der Waals surface area contributed by atoms with Crippen LogP contribution in [0, 0.1) is 0 Å². The Morgan fingerprint density at radius 2 is 2.05 bits per heavy atom. The van der Waals surface area contributed by atoms with Crippen molar-refractivity contribution < 1.29 is 4.79 Å². The average Bonchev–Trinajstić information content (AvgIpc) is 2.89. The number of fused-ring (bicyclic) bond motifs is 1. The van der Waals surface area contributed by atoms with Gasteiger partial charge >= 0.3 is 0 Å². The van der Waals surface area contributed by atoms with Gasteiger partial charge in [-0.05, 0) is 29.8 Å². The zero-order valence-electron chi connectivity index (χ0n) is 10.5. The van der Waals surface area contributed by atoms with Crippen molar-refractivity contribution in [3.8, 4) is 0 Å². The number of alkyl halides is 1. The quantitative estimate of drug-likeness (QED) is 0.733. The van der Waals surface area contributed by atoms with Gasteiger partial charge in [-0.1, -0.05) is 35.6 Å². The van der Waals surface area contributed by atoms with Gasteiger partial charge in [0.25, 0.3) is 5.91 Å². The van der Waals surface area contributed by atoms with E-state index in [1.165, 1.54) is 11.3 Å². The summed E-state index contributed by atoms with van der Waals surface area (Å²) < 4.78 is 1.05. The maximum Gasteiger partial charge on any atom is 0.257 e. The fraction of sp³-hybridized carbons (Fsp3) is 0.0667. The molecule has 0 spiro atoms. The van der Waals surface area contributed by atoms with Crippen LogP contribution in [0.15, 0.2) is 48.5 Å². The smallest absolute Gasteiger partial charge is 0.257 e. The number of rotatable bonds is 3. The summed E-state index contributed by atoms with van der Waals surface area (Å²) in [4.78, 5) is 16.6. The summed E-state index contributed by atoms with van der Waals surface area (Å²) in [6, 6.07) is 15.1. The first-order valence-electron chi connectivity index (χ1n) is 6.08. The van der Waals surface area contributed by atoms with Crippen LogP contribution >= 0.6 is 22.9 Å². The molecule has 3 aromatic rings. The Hall–Kier alpha value is -1.91. The van der Waals surface area contributed by atoms with Crippen molar-refractivity contribution in [1.29, 1.82) is 0 Å². The summed E-state index contributed by atoms with van der Waals surface area (Å²) in [5.74, 6) is 0.221. The SMILES string of the molecule is O=C(Nc1nc2ccccc2s1)c1cccc(CCl)c1. The second kappa shape index (κ2) is 5.61. The molecule has 5 heteroatoms. The monoisotopic (exact) mass is 302 g/mol. The molecule has 2 aromatic carbocycles. The lowest BCUT2D eigenvalue weighted by atomic mass is 10.1. The van der Waals surface area contributed by atoms with Gasteiger partial charge in [0, 0.05) is 11.4 Å². The van der Waals surface area contributed by atoms with E-state index in [0.29, 0.717) is 16.6 Å². The van der Waals surface area contributed by atoms with Crippen LogP contribution in [0.4, 0.5) is 5.13 Å². The third-order valence-corrected chi connectivity index (χ3v) is 4.12. The van der Waals surface area contributed by atoms with Crippen molar-refractivity contribution in [2.45, 2.75) is 5.88 Å². The molecule has 3 nitrogen and oxygen atoms in total. The summed E-state index contributed by atoms with van der Waals surface area (Å²) >= 11 is 7.24. The Morgan fingerprint density at radius 3 is 2.85 bits per heavy atom. The highest BCUT2D eigenvalue weighted by Gasteiger charge is 2.10. The Kier molecular flexibility index (Phi) is 3.67. The Labute approximate surface area is 125 Å². The van der Waals surface area contributed by atoms with E-state index >= 15 is 0 Å². The lowest BCUT2D eigenvalue weighted by molar-refractivity contribution is 0.102. The van der Waals surface area contributed by atoms with Gasteiger partial charge in [-0.15, -0.1) is 11.6 Å². The van der Waals surface area contributed by atoms with Gasteiger partial charge in [0.1, 0.15) is 0 Å². The summed E-state index contributed by atoms with van der Waals surface area (Å²) in [5, 5.41) is 3.43. The average molecular weight is 303 g/mol. The second-order valence-corrected chi connectivity index (χ2v) is 5.57. The first-order valence-corrected chi connectivity index (χ1v) is 7.43. The molecule has 0 saturated heterocycles. The van der Waals surface area contributed by atoms with E-state index in [1.54, 1.807) is 12.1 Å². The number of carbonyl (C=O) groups is 1. The van der Waals surface area contributed by atoms with E-state index < -0.39 is 0 Å². The first kappa shape index (κ1) is 13.1. The third kappa shape index (κ3) is 2.66. The number of amides is 1. The molecule has 100 valence electrons. The van der Waals surface area contributed by atoms with Crippen LogP contribution in [0.5, 0.6) is 0 Å². The molecular formula is C15H11ClN2OS.